The molecule has 94 valence electrons. The molecule has 0 bridgehead atoms. The molecule has 1 aromatic heterocycles. The molecular formula is C17H21N. The van der Waals surface area contributed by atoms with E-state index in [0.717, 1.165) is 12.1 Å². The smallest absolute Gasteiger partial charge is 0.0704 e. The van der Waals surface area contributed by atoms with Gasteiger partial charge in [-0.3, -0.25) is 4.98 Å². The van der Waals surface area contributed by atoms with Crippen LogP contribution in [0.5, 0.6) is 0 Å². The lowest BCUT2D eigenvalue weighted by atomic mass is 9.82. The molecule has 0 radical (unpaired) electrons. The van der Waals surface area contributed by atoms with Crippen molar-refractivity contribution in [2.45, 2.75) is 39.5 Å². The zero-order valence-electron chi connectivity index (χ0n) is 11.7. The van der Waals surface area contributed by atoms with Crippen molar-refractivity contribution in [1.29, 1.82) is 0 Å². The quantitative estimate of drug-likeness (QED) is 0.753. The molecule has 0 fully saturated rings. The Hall–Kier alpha value is -1.63. The van der Waals surface area contributed by atoms with Crippen molar-refractivity contribution in [3.63, 3.8) is 0 Å². The molecule has 1 aromatic carbocycles. The summed E-state index contributed by atoms with van der Waals surface area (Å²) < 4.78 is 0. The summed E-state index contributed by atoms with van der Waals surface area (Å²) in [6.07, 6.45) is 3.05. The van der Waals surface area contributed by atoms with Crippen molar-refractivity contribution in [3.8, 4) is 11.3 Å². The monoisotopic (exact) mass is 239 g/mol. The van der Waals surface area contributed by atoms with E-state index in [9.17, 15) is 0 Å². The molecule has 0 aliphatic heterocycles. The van der Waals surface area contributed by atoms with Crippen molar-refractivity contribution in [2.24, 2.45) is 0 Å². The fourth-order valence-corrected chi connectivity index (χ4v) is 1.94. The van der Waals surface area contributed by atoms with Gasteiger partial charge in [-0.05, 0) is 36.5 Å². The molecule has 2 rings (SSSR count). The van der Waals surface area contributed by atoms with E-state index in [-0.39, 0.29) is 5.41 Å². The van der Waals surface area contributed by atoms with E-state index >= 15 is 0 Å². The minimum absolute atomic E-state index is 0.211. The van der Waals surface area contributed by atoms with Gasteiger partial charge in [-0.15, -0.1) is 0 Å². The average Bonchev–Trinajstić information content (AvgIpc) is 2.40. The summed E-state index contributed by atoms with van der Waals surface area (Å²) in [5, 5.41) is 0. The van der Waals surface area contributed by atoms with Crippen molar-refractivity contribution in [2.75, 3.05) is 0 Å². The lowest BCUT2D eigenvalue weighted by Gasteiger charge is -2.23. The lowest BCUT2D eigenvalue weighted by Crippen LogP contribution is -2.15. The van der Waals surface area contributed by atoms with E-state index in [1.54, 1.807) is 0 Å². The summed E-state index contributed by atoms with van der Waals surface area (Å²) in [5.74, 6) is 0. The van der Waals surface area contributed by atoms with Crippen LogP contribution in [0, 0.1) is 6.92 Å². The van der Waals surface area contributed by atoms with Crippen LogP contribution in [0.1, 0.15) is 38.3 Å². The van der Waals surface area contributed by atoms with Crippen molar-refractivity contribution in [3.05, 3.63) is 53.7 Å². The Labute approximate surface area is 110 Å². The first-order valence-electron chi connectivity index (χ1n) is 6.56. The summed E-state index contributed by atoms with van der Waals surface area (Å²) in [4.78, 5) is 4.49. The molecule has 2 aromatic rings. The van der Waals surface area contributed by atoms with Gasteiger partial charge in [0.25, 0.3) is 0 Å². The van der Waals surface area contributed by atoms with Crippen LogP contribution >= 0.6 is 0 Å². The predicted molar refractivity (Wildman–Crippen MR) is 77.7 cm³/mol. The third kappa shape index (κ3) is 2.61. The van der Waals surface area contributed by atoms with Gasteiger partial charge < -0.3 is 0 Å². The third-order valence-corrected chi connectivity index (χ3v) is 3.77. The summed E-state index contributed by atoms with van der Waals surface area (Å²) >= 11 is 0. The van der Waals surface area contributed by atoms with Gasteiger partial charge in [-0.25, -0.2) is 0 Å². The second-order valence-electron chi connectivity index (χ2n) is 5.53. The van der Waals surface area contributed by atoms with Crippen molar-refractivity contribution >= 4 is 0 Å². The number of aromatic nitrogens is 1. The molecule has 1 heteroatoms. The summed E-state index contributed by atoms with van der Waals surface area (Å²) in [5.41, 5.74) is 5.10. The van der Waals surface area contributed by atoms with E-state index in [2.05, 4.69) is 69.1 Å². The first-order valence-corrected chi connectivity index (χ1v) is 6.56. The molecule has 1 heterocycles. The second-order valence-corrected chi connectivity index (χ2v) is 5.53. The molecule has 0 aliphatic carbocycles. The van der Waals surface area contributed by atoms with Gasteiger partial charge in [-0.1, -0.05) is 50.6 Å². The highest BCUT2D eigenvalue weighted by atomic mass is 14.7. The number of pyridine rings is 1. The minimum Gasteiger partial charge on any atom is -0.256 e. The van der Waals surface area contributed by atoms with Crippen molar-refractivity contribution < 1.29 is 0 Å². The third-order valence-electron chi connectivity index (χ3n) is 3.77. The molecule has 0 saturated carbocycles. The fourth-order valence-electron chi connectivity index (χ4n) is 1.94. The normalized spacial score (nSPS) is 11.6. The van der Waals surface area contributed by atoms with Crippen LogP contribution < -0.4 is 0 Å². The summed E-state index contributed by atoms with van der Waals surface area (Å²) in [6, 6.07) is 12.9. The number of hydrogen-bond acceptors (Lipinski definition) is 1. The Balaban J connectivity index is 2.41. The van der Waals surface area contributed by atoms with E-state index in [1.807, 2.05) is 6.20 Å². The average molecular weight is 239 g/mol. The van der Waals surface area contributed by atoms with Gasteiger partial charge in [0, 0.05) is 11.8 Å². The topological polar surface area (TPSA) is 12.9 Å². The van der Waals surface area contributed by atoms with Gasteiger partial charge in [-0.2, -0.15) is 0 Å². The Morgan fingerprint density at radius 3 is 2.33 bits per heavy atom. The molecular weight excluding hydrogens is 218 g/mol. The molecule has 0 unspecified atom stereocenters. The van der Waals surface area contributed by atoms with Crippen LogP contribution in [0.3, 0.4) is 0 Å². The number of benzene rings is 1. The standard InChI is InChI=1S/C17H21N/c1-5-17(3,4)15-10-11-18-16(12-15)14-8-6-13(2)7-9-14/h6-12H,5H2,1-4H3. The Morgan fingerprint density at radius 1 is 1.06 bits per heavy atom. The van der Waals surface area contributed by atoms with E-state index < -0.39 is 0 Å². The maximum atomic E-state index is 4.49. The molecule has 18 heavy (non-hydrogen) atoms. The maximum absolute atomic E-state index is 4.49. The van der Waals surface area contributed by atoms with E-state index in [1.165, 1.54) is 16.7 Å². The van der Waals surface area contributed by atoms with E-state index in [4.69, 9.17) is 0 Å². The molecule has 0 amide bonds. The molecule has 0 atom stereocenters. The SMILES string of the molecule is CCC(C)(C)c1ccnc(-c2ccc(C)cc2)c1. The summed E-state index contributed by atoms with van der Waals surface area (Å²) in [6.45, 7) is 8.89. The largest absolute Gasteiger partial charge is 0.256 e. The zero-order chi connectivity index (χ0) is 13.2. The minimum atomic E-state index is 0.211. The van der Waals surface area contributed by atoms with Crippen LogP contribution in [-0.2, 0) is 5.41 Å². The summed E-state index contributed by atoms with van der Waals surface area (Å²) in [7, 11) is 0. The van der Waals surface area contributed by atoms with E-state index in [0.29, 0.717) is 0 Å². The van der Waals surface area contributed by atoms with Crippen LogP contribution in [-0.4, -0.2) is 4.98 Å². The lowest BCUT2D eigenvalue weighted by molar-refractivity contribution is 0.506. The molecule has 0 spiro atoms. The van der Waals surface area contributed by atoms with Gasteiger partial charge in [0.1, 0.15) is 0 Å². The molecule has 0 saturated heterocycles. The number of hydrogen-bond donors (Lipinski definition) is 0. The highest BCUT2D eigenvalue weighted by Crippen LogP contribution is 2.29. The molecule has 0 N–H and O–H groups in total. The highest BCUT2D eigenvalue weighted by Gasteiger charge is 2.18. The number of aryl methyl sites for hydroxylation is 1. The second kappa shape index (κ2) is 4.93. The Bertz CT molecular complexity index is 524. The predicted octanol–water partition coefficient (Wildman–Crippen LogP) is 4.74. The first kappa shape index (κ1) is 12.8. The first-order chi connectivity index (χ1) is 8.53. The van der Waals surface area contributed by atoms with Gasteiger partial charge in [0.05, 0.1) is 5.69 Å². The fraction of sp³-hybridized carbons (Fsp3) is 0.353. The van der Waals surface area contributed by atoms with Crippen LogP contribution in [0.4, 0.5) is 0 Å². The number of nitrogens with zero attached hydrogens (tertiary/aromatic N) is 1. The maximum Gasteiger partial charge on any atom is 0.0704 e. The Kier molecular flexibility index (Phi) is 3.51. The van der Waals surface area contributed by atoms with Gasteiger partial charge in [0.2, 0.25) is 0 Å². The zero-order valence-corrected chi connectivity index (χ0v) is 11.7. The van der Waals surface area contributed by atoms with Crippen LogP contribution in [0.15, 0.2) is 42.6 Å². The van der Waals surface area contributed by atoms with Gasteiger partial charge in [0.15, 0.2) is 0 Å². The number of rotatable bonds is 3. The van der Waals surface area contributed by atoms with Crippen LogP contribution in [0.25, 0.3) is 11.3 Å². The van der Waals surface area contributed by atoms with Gasteiger partial charge >= 0.3 is 0 Å². The van der Waals surface area contributed by atoms with Crippen LogP contribution in [0.2, 0.25) is 0 Å². The molecule has 1 nitrogen and oxygen atoms in total. The Morgan fingerprint density at radius 2 is 1.72 bits per heavy atom. The van der Waals surface area contributed by atoms with Crippen molar-refractivity contribution in [1.82, 2.24) is 4.98 Å². The highest BCUT2D eigenvalue weighted by molar-refractivity contribution is 5.60. The molecule has 0 aliphatic rings.